The van der Waals surface area contributed by atoms with E-state index in [-0.39, 0.29) is 0 Å². The van der Waals surface area contributed by atoms with Crippen LogP contribution < -0.4 is 5.32 Å². The van der Waals surface area contributed by atoms with Gasteiger partial charge in [0, 0.05) is 11.4 Å². The molecule has 3 heteroatoms. The molecule has 0 unspecified atom stereocenters. The van der Waals surface area contributed by atoms with Crippen molar-refractivity contribution in [2.24, 2.45) is 0 Å². The van der Waals surface area contributed by atoms with Gasteiger partial charge in [-0.2, -0.15) is 0 Å². The van der Waals surface area contributed by atoms with E-state index in [1.54, 1.807) is 11.3 Å². The molecule has 0 radical (unpaired) electrons. The van der Waals surface area contributed by atoms with Crippen molar-refractivity contribution in [1.82, 2.24) is 5.32 Å². The maximum atomic E-state index is 5.79. The van der Waals surface area contributed by atoms with E-state index in [4.69, 9.17) is 11.6 Å². The molecule has 1 rings (SSSR count). The summed E-state index contributed by atoms with van der Waals surface area (Å²) in [4.78, 5) is 1.33. The van der Waals surface area contributed by atoms with E-state index in [0.29, 0.717) is 0 Å². The Morgan fingerprint density at radius 3 is 2.80 bits per heavy atom. The number of halogens is 1. The van der Waals surface area contributed by atoms with Crippen molar-refractivity contribution in [2.45, 2.75) is 13.5 Å². The first-order valence-corrected chi connectivity index (χ1v) is 4.33. The molecule has 0 aliphatic heterocycles. The van der Waals surface area contributed by atoms with E-state index in [1.807, 2.05) is 13.1 Å². The summed E-state index contributed by atoms with van der Waals surface area (Å²) in [5.74, 6) is 0. The smallest absolute Gasteiger partial charge is 0.0934 e. The van der Waals surface area contributed by atoms with Crippen LogP contribution in [0.5, 0.6) is 0 Å². The van der Waals surface area contributed by atoms with Gasteiger partial charge in [-0.05, 0) is 25.6 Å². The Labute approximate surface area is 70.0 Å². The van der Waals surface area contributed by atoms with Crippen LogP contribution in [0.1, 0.15) is 10.4 Å². The summed E-state index contributed by atoms with van der Waals surface area (Å²) >= 11 is 7.43. The Morgan fingerprint density at radius 1 is 1.70 bits per heavy atom. The summed E-state index contributed by atoms with van der Waals surface area (Å²) in [6, 6.07) is 2.00. The van der Waals surface area contributed by atoms with Crippen molar-refractivity contribution >= 4 is 22.9 Å². The molecule has 0 fully saturated rings. The molecule has 0 saturated carbocycles. The van der Waals surface area contributed by atoms with Gasteiger partial charge in [0.25, 0.3) is 0 Å². The first-order valence-electron chi connectivity index (χ1n) is 3.13. The Bertz CT molecular complexity index is 219. The zero-order valence-corrected chi connectivity index (χ0v) is 7.64. The quantitative estimate of drug-likeness (QED) is 0.728. The second-order valence-electron chi connectivity index (χ2n) is 2.19. The van der Waals surface area contributed by atoms with Gasteiger partial charge in [-0.3, -0.25) is 0 Å². The summed E-state index contributed by atoms with van der Waals surface area (Å²) in [7, 11) is 1.94. The first kappa shape index (κ1) is 8.05. The molecule has 0 amide bonds. The minimum absolute atomic E-state index is 0.878. The fraction of sp³-hybridized carbons (Fsp3) is 0.429. The van der Waals surface area contributed by atoms with Gasteiger partial charge in [-0.25, -0.2) is 0 Å². The monoisotopic (exact) mass is 175 g/mol. The normalized spacial score (nSPS) is 10.3. The van der Waals surface area contributed by atoms with E-state index in [0.717, 1.165) is 10.9 Å². The van der Waals surface area contributed by atoms with Crippen molar-refractivity contribution in [3.63, 3.8) is 0 Å². The van der Waals surface area contributed by atoms with E-state index in [2.05, 4.69) is 12.2 Å². The molecule has 0 aromatic carbocycles. The van der Waals surface area contributed by atoms with Crippen LogP contribution in [0, 0.1) is 6.92 Å². The summed E-state index contributed by atoms with van der Waals surface area (Å²) in [6.07, 6.45) is 0. The Balaban J connectivity index is 2.81. The van der Waals surface area contributed by atoms with E-state index in [1.165, 1.54) is 10.4 Å². The lowest BCUT2D eigenvalue weighted by Gasteiger charge is -1.94. The summed E-state index contributed by atoms with van der Waals surface area (Å²) in [6.45, 7) is 3.00. The number of hydrogen-bond acceptors (Lipinski definition) is 2. The number of thiophene rings is 1. The molecule has 0 saturated heterocycles. The highest BCUT2D eigenvalue weighted by Gasteiger charge is 2.01. The predicted molar refractivity (Wildman–Crippen MR) is 46.8 cm³/mol. The van der Waals surface area contributed by atoms with E-state index >= 15 is 0 Å². The third-order valence-electron chi connectivity index (χ3n) is 1.33. The van der Waals surface area contributed by atoms with Gasteiger partial charge in [-0.15, -0.1) is 11.3 Å². The van der Waals surface area contributed by atoms with Crippen LogP contribution in [0.4, 0.5) is 0 Å². The third kappa shape index (κ3) is 1.72. The molecule has 0 aliphatic carbocycles. The van der Waals surface area contributed by atoms with Crippen LogP contribution in [0.2, 0.25) is 4.34 Å². The van der Waals surface area contributed by atoms with Gasteiger partial charge >= 0.3 is 0 Å². The van der Waals surface area contributed by atoms with Gasteiger partial charge in [0.05, 0.1) is 4.34 Å². The topological polar surface area (TPSA) is 12.0 Å². The zero-order chi connectivity index (χ0) is 7.56. The van der Waals surface area contributed by atoms with Crippen LogP contribution in [0.15, 0.2) is 6.07 Å². The highest BCUT2D eigenvalue weighted by atomic mass is 35.5. The fourth-order valence-corrected chi connectivity index (χ4v) is 2.16. The molecular formula is C7H10ClNS. The fourth-order valence-electron chi connectivity index (χ4n) is 0.814. The average molecular weight is 176 g/mol. The van der Waals surface area contributed by atoms with Crippen LogP contribution in [-0.4, -0.2) is 7.05 Å². The molecule has 10 heavy (non-hydrogen) atoms. The number of aryl methyl sites for hydroxylation is 1. The minimum Gasteiger partial charge on any atom is -0.315 e. The van der Waals surface area contributed by atoms with Crippen LogP contribution in [-0.2, 0) is 6.54 Å². The summed E-state index contributed by atoms with van der Waals surface area (Å²) < 4.78 is 0.878. The lowest BCUT2D eigenvalue weighted by atomic mass is 10.3. The largest absolute Gasteiger partial charge is 0.315 e. The highest BCUT2D eigenvalue weighted by Crippen LogP contribution is 2.25. The Morgan fingerprint density at radius 2 is 2.40 bits per heavy atom. The Kier molecular flexibility index (Phi) is 2.72. The molecule has 0 aliphatic rings. The second kappa shape index (κ2) is 3.37. The highest BCUT2D eigenvalue weighted by molar-refractivity contribution is 7.16. The SMILES string of the molecule is CNCc1sc(Cl)cc1C. The van der Waals surface area contributed by atoms with Gasteiger partial charge in [0.1, 0.15) is 0 Å². The Hall–Kier alpha value is -0.0500. The van der Waals surface area contributed by atoms with E-state index < -0.39 is 0 Å². The molecule has 0 spiro atoms. The molecule has 1 nitrogen and oxygen atoms in total. The summed E-state index contributed by atoms with van der Waals surface area (Å²) in [5.41, 5.74) is 1.28. The molecule has 1 aromatic rings. The lowest BCUT2D eigenvalue weighted by Crippen LogP contribution is -2.03. The maximum Gasteiger partial charge on any atom is 0.0934 e. The number of hydrogen-bond donors (Lipinski definition) is 1. The molecule has 0 bridgehead atoms. The van der Waals surface area contributed by atoms with Crippen LogP contribution >= 0.6 is 22.9 Å². The minimum atomic E-state index is 0.878. The molecular weight excluding hydrogens is 166 g/mol. The zero-order valence-electron chi connectivity index (χ0n) is 6.07. The van der Waals surface area contributed by atoms with Crippen molar-refractivity contribution in [2.75, 3.05) is 7.05 Å². The average Bonchev–Trinajstić information content (AvgIpc) is 2.13. The van der Waals surface area contributed by atoms with Gasteiger partial charge in [-0.1, -0.05) is 11.6 Å². The molecule has 1 aromatic heterocycles. The first-order chi connectivity index (χ1) is 4.74. The van der Waals surface area contributed by atoms with Crippen LogP contribution in [0.25, 0.3) is 0 Å². The van der Waals surface area contributed by atoms with Crippen molar-refractivity contribution < 1.29 is 0 Å². The van der Waals surface area contributed by atoms with Crippen LogP contribution in [0.3, 0.4) is 0 Å². The number of rotatable bonds is 2. The van der Waals surface area contributed by atoms with Crippen molar-refractivity contribution in [3.05, 3.63) is 20.8 Å². The molecule has 56 valence electrons. The van der Waals surface area contributed by atoms with Crippen molar-refractivity contribution in [3.8, 4) is 0 Å². The van der Waals surface area contributed by atoms with Crippen molar-refractivity contribution in [1.29, 1.82) is 0 Å². The van der Waals surface area contributed by atoms with Gasteiger partial charge in [0.15, 0.2) is 0 Å². The third-order valence-corrected chi connectivity index (χ3v) is 2.69. The maximum absolute atomic E-state index is 5.79. The molecule has 0 atom stereocenters. The molecule has 1 N–H and O–H groups in total. The van der Waals surface area contributed by atoms with Gasteiger partial charge in [0.2, 0.25) is 0 Å². The standard InChI is InChI=1S/C7H10ClNS/c1-5-3-7(8)10-6(5)4-9-2/h3,9H,4H2,1-2H3. The van der Waals surface area contributed by atoms with Gasteiger partial charge < -0.3 is 5.32 Å². The number of nitrogens with one attached hydrogen (secondary N) is 1. The molecule has 1 heterocycles. The summed E-state index contributed by atoms with van der Waals surface area (Å²) in [5, 5.41) is 3.09. The lowest BCUT2D eigenvalue weighted by molar-refractivity contribution is 0.827. The predicted octanol–water partition coefficient (Wildman–Crippen LogP) is 2.43. The second-order valence-corrected chi connectivity index (χ2v) is 3.96. The van der Waals surface area contributed by atoms with E-state index in [9.17, 15) is 0 Å².